The van der Waals surface area contributed by atoms with Gasteiger partial charge in [0, 0.05) is 7.05 Å². The molecule has 0 saturated carbocycles. The monoisotopic (exact) mass is 336 g/mol. The summed E-state index contributed by atoms with van der Waals surface area (Å²) < 4.78 is 103. The van der Waals surface area contributed by atoms with E-state index in [1.165, 1.54) is 0 Å². The van der Waals surface area contributed by atoms with Crippen molar-refractivity contribution in [2.75, 3.05) is 0 Å². The first-order valence-electron chi connectivity index (χ1n) is 5.20. The Balaban J connectivity index is 2.81. The first-order chi connectivity index (χ1) is 9.87. The predicted octanol–water partition coefficient (Wildman–Crippen LogP) is 2.27. The van der Waals surface area contributed by atoms with Crippen LogP contribution in [0.2, 0.25) is 0 Å². The first kappa shape index (κ1) is 16.1. The molecule has 22 heavy (non-hydrogen) atoms. The largest absolute Gasteiger partial charge is 0.459 e. The van der Waals surface area contributed by atoms with Gasteiger partial charge in [-0.3, -0.25) is 4.68 Å². The molecule has 0 aliphatic heterocycles. The van der Waals surface area contributed by atoms with E-state index in [-0.39, 0.29) is 4.68 Å². The maximum atomic E-state index is 13.3. The van der Waals surface area contributed by atoms with Crippen molar-refractivity contribution < 1.29 is 35.1 Å². The SMILES string of the molecule is Cn1nc(C(F)(F)C(F)(F)F)c(C(F)(F)F)c1-c1nn[nH]n1. The molecule has 0 radical (unpaired) electrons. The van der Waals surface area contributed by atoms with Crippen LogP contribution < -0.4 is 0 Å². The second kappa shape index (κ2) is 4.61. The Morgan fingerprint density at radius 2 is 1.59 bits per heavy atom. The molecule has 0 amide bonds. The third kappa shape index (κ3) is 2.37. The molecule has 0 aromatic carbocycles. The molecule has 2 rings (SSSR count). The van der Waals surface area contributed by atoms with Crippen LogP contribution in [0.3, 0.4) is 0 Å². The highest BCUT2D eigenvalue weighted by atomic mass is 19.4. The number of hydrogen-bond acceptors (Lipinski definition) is 4. The Kier molecular flexibility index (Phi) is 3.37. The quantitative estimate of drug-likeness (QED) is 0.854. The van der Waals surface area contributed by atoms with E-state index in [0.29, 0.717) is 0 Å². The van der Waals surface area contributed by atoms with Crippen molar-refractivity contribution in [3.05, 3.63) is 11.3 Å². The summed E-state index contributed by atoms with van der Waals surface area (Å²) in [6.45, 7) is 0. The van der Waals surface area contributed by atoms with Gasteiger partial charge in [-0.05, 0) is 5.21 Å². The maximum absolute atomic E-state index is 13.3. The minimum Gasteiger partial charge on any atom is -0.263 e. The Bertz CT molecular complexity index is 666. The van der Waals surface area contributed by atoms with Crippen molar-refractivity contribution in [2.45, 2.75) is 18.3 Å². The number of H-pyrrole nitrogens is 1. The van der Waals surface area contributed by atoms with Crippen LogP contribution in [0.5, 0.6) is 0 Å². The van der Waals surface area contributed by atoms with E-state index < -0.39 is 41.1 Å². The molecule has 0 saturated heterocycles. The lowest BCUT2D eigenvalue weighted by atomic mass is 10.1. The van der Waals surface area contributed by atoms with Crippen molar-refractivity contribution >= 4 is 0 Å². The molecule has 2 aromatic heterocycles. The minimum atomic E-state index is -6.25. The van der Waals surface area contributed by atoms with E-state index in [0.717, 1.165) is 7.05 Å². The van der Waals surface area contributed by atoms with Crippen molar-refractivity contribution in [1.82, 2.24) is 30.4 Å². The van der Waals surface area contributed by atoms with E-state index in [1.54, 1.807) is 5.21 Å². The van der Waals surface area contributed by atoms with Gasteiger partial charge in [-0.1, -0.05) is 0 Å². The lowest BCUT2D eigenvalue weighted by molar-refractivity contribution is -0.292. The van der Waals surface area contributed by atoms with Gasteiger partial charge < -0.3 is 0 Å². The number of alkyl halides is 8. The molecule has 0 atom stereocenters. The van der Waals surface area contributed by atoms with Crippen molar-refractivity contribution in [3.63, 3.8) is 0 Å². The molecular formula is C8H4F8N6. The second-order valence-corrected chi connectivity index (χ2v) is 4.00. The van der Waals surface area contributed by atoms with Crippen molar-refractivity contribution in [2.24, 2.45) is 7.05 Å². The highest BCUT2D eigenvalue weighted by molar-refractivity contribution is 5.58. The van der Waals surface area contributed by atoms with Crippen LogP contribution >= 0.6 is 0 Å². The van der Waals surface area contributed by atoms with E-state index in [2.05, 4.69) is 20.5 Å². The molecule has 1 N–H and O–H groups in total. The van der Waals surface area contributed by atoms with E-state index in [1.807, 2.05) is 0 Å². The summed E-state index contributed by atoms with van der Waals surface area (Å²) in [5.74, 6) is -6.64. The van der Waals surface area contributed by atoms with Gasteiger partial charge in [0.05, 0.1) is 0 Å². The second-order valence-electron chi connectivity index (χ2n) is 4.00. The molecule has 14 heteroatoms. The fourth-order valence-corrected chi connectivity index (χ4v) is 1.67. The number of halogens is 8. The Morgan fingerprint density at radius 3 is 2.00 bits per heavy atom. The first-order valence-corrected chi connectivity index (χ1v) is 5.20. The molecule has 2 heterocycles. The van der Waals surface area contributed by atoms with Crippen molar-refractivity contribution in [3.8, 4) is 11.5 Å². The Hall–Kier alpha value is -2.28. The zero-order valence-corrected chi connectivity index (χ0v) is 10.3. The molecule has 122 valence electrons. The van der Waals surface area contributed by atoms with Crippen LogP contribution in [-0.4, -0.2) is 36.6 Å². The molecule has 0 bridgehead atoms. The van der Waals surface area contributed by atoms with Crippen LogP contribution in [0, 0.1) is 0 Å². The summed E-state index contributed by atoms with van der Waals surface area (Å²) in [7, 11) is 0.747. The van der Waals surface area contributed by atoms with Gasteiger partial charge in [-0.2, -0.15) is 45.4 Å². The van der Waals surface area contributed by atoms with Crippen LogP contribution in [0.25, 0.3) is 11.5 Å². The zero-order valence-electron chi connectivity index (χ0n) is 10.3. The molecular weight excluding hydrogens is 332 g/mol. The maximum Gasteiger partial charge on any atom is 0.459 e. The summed E-state index contributed by atoms with van der Waals surface area (Å²) in [5, 5.41) is 13.7. The average Bonchev–Trinajstić information content (AvgIpc) is 2.92. The van der Waals surface area contributed by atoms with Gasteiger partial charge in [-0.25, -0.2) is 0 Å². The van der Waals surface area contributed by atoms with Crippen molar-refractivity contribution in [1.29, 1.82) is 0 Å². The topological polar surface area (TPSA) is 72.3 Å². The summed E-state index contributed by atoms with van der Waals surface area (Å²) in [4.78, 5) is 0. The van der Waals surface area contributed by atoms with Gasteiger partial charge in [0.25, 0.3) is 0 Å². The van der Waals surface area contributed by atoms with Crippen LogP contribution in [-0.2, 0) is 19.1 Å². The lowest BCUT2D eigenvalue weighted by Gasteiger charge is -2.19. The number of hydrogen-bond donors (Lipinski definition) is 1. The summed E-state index contributed by atoms with van der Waals surface area (Å²) in [6.07, 6.45) is -11.8. The lowest BCUT2D eigenvalue weighted by Crippen LogP contribution is -2.36. The summed E-state index contributed by atoms with van der Waals surface area (Å²) in [6, 6.07) is 0. The Morgan fingerprint density at radius 1 is 1.00 bits per heavy atom. The Labute approximate surface area is 115 Å². The molecule has 6 nitrogen and oxygen atoms in total. The summed E-state index contributed by atoms with van der Waals surface area (Å²) in [5.41, 5.74) is -5.92. The predicted molar refractivity (Wildman–Crippen MR) is 51.3 cm³/mol. The minimum absolute atomic E-state index is 0.183. The molecule has 0 spiro atoms. The van der Waals surface area contributed by atoms with Crippen LogP contribution in [0.1, 0.15) is 11.3 Å². The van der Waals surface area contributed by atoms with Gasteiger partial charge >= 0.3 is 18.3 Å². The van der Waals surface area contributed by atoms with Crippen LogP contribution in [0.15, 0.2) is 0 Å². The normalized spacial score (nSPS) is 13.7. The van der Waals surface area contributed by atoms with E-state index in [4.69, 9.17) is 0 Å². The third-order valence-electron chi connectivity index (χ3n) is 2.54. The zero-order chi connectivity index (χ0) is 16.9. The molecule has 0 aliphatic carbocycles. The third-order valence-corrected chi connectivity index (χ3v) is 2.54. The number of aromatic amines is 1. The smallest absolute Gasteiger partial charge is 0.263 e. The molecule has 0 aliphatic rings. The highest BCUT2D eigenvalue weighted by Crippen LogP contribution is 2.49. The number of aryl methyl sites for hydroxylation is 1. The molecule has 2 aromatic rings. The van der Waals surface area contributed by atoms with Gasteiger partial charge in [0.2, 0.25) is 5.82 Å². The number of tetrazole rings is 1. The number of aromatic nitrogens is 6. The van der Waals surface area contributed by atoms with Crippen LogP contribution in [0.4, 0.5) is 35.1 Å². The fourth-order valence-electron chi connectivity index (χ4n) is 1.67. The highest BCUT2D eigenvalue weighted by Gasteiger charge is 2.64. The fraction of sp³-hybridized carbons (Fsp3) is 0.500. The number of nitrogens with one attached hydrogen (secondary N) is 1. The van der Waals surface area contributed by atoms with Gasteiger partial charge in [0.1, 0.15) is 11.3 Å². The summed E-state index contributed by atoms with van der Waals surface area (Å²) >= 11 is 0. The molecule has 0 unspecified atom stereocenters. The number of rotatable bonds is 2. The van der Waals surface area contributed by atoms with E-state index in [9.17, 15) is 35.1 Å². The van der Waals surface area contributed by atoms with Gasteiger partial charge in [0.15, 0.2) is 5.69 Å². The van der Waals surface area contributed by atoms with Gasteiger partial charge in [-0.15, -0.1) is 10.2 Å². The van der Waals surface area contributed by atoms with E-state index >= 15 is 0 Å². The molecule has 0 fully saturated rings. The standard InChI is InChI=1S/C8H4F8N6/c1-22-3(5-17-20-21-18-5)2(7(11,12)13)4(19-22)6(9,10)8(14,15)16/h1H3,(H,17,18,20,21). The number of nitrogens with zero attached hydrogens (tertiary/aromatic N) is 5. The average molecular weight is 336 g/mol.